The summed E-state index contributed by atoms with van der Waals surface area (Å²) in [5, 5.41) is 7.28. The van der Waals surface area contributed by atoms with Crippen molar-refractivity contribution in [1.29, 1.82) is 0 Å². The molecule has 1 aliphatic heterocycles. The molecule has 0 radical (unpaired) electrons. The Morgan fingerprint density at radius 1 is 1.29 bits per heavy atom. The van der Waals surface area contributed by atoms with Gasteiger partial charge in [0.15, 0.2) is 0 Å². The van der Waals surface area contributed by atoms with E-state index in [0.29, 0.717) is 19.6 Å². The van der Waals surface area contributed by atoms with E-state index in [1.807, 2.05) is 41.8 Å². The number of hydrogen-bond acceptors (Lipinski definition) is 4. The van der Waals surface area contributed by atoms with E-state index in [2.05, 4.69) is 10.6 Å². The van der Waals surface area contributed by atoms with Crippen LogP contribution in [0.25, 0.3) is 0 Å². The number of thiophene rings is 1. The number of nitrogens with one attached hydrogen (secondary N) is 2. The fourth-order valence-electron chi connectivity index (χ4n) is 2.67. The molecule has 3 rings (SSSR count). The average Bonchev–Trinajstić information content (AvgIpc) is 3.25. The molecular weight excluding hydrogens is 326 g/mol. The van der Waals surface area contributed by atoms with Gasteiger partial charge in [-0.2, -0.15) is 0 Å². The molecule has 0 spiro atoms. The smallest absolute Gasteiger partial charge is 0.315 e. The van der Waals surface area contributed by atoms with Crippen LogP contribution in [0.5, 0.6) is 5.75 Å². The maximum absolute atomic E-state index is 12.9. The first-order valence-electron chi connectivity index (χ1n) is 7.65. The first-order chi connectivity index (χ1) is 11.7. The number of benzene rings is 1. The largest absolute Gasteiger partial charge is 0.496 e. The first-order valence-corrected chi connectivity index (χ1v) is 8.53. The second-order valence-corrected chi connectivity index (χ2v) is 6.52. The number of hydrogen-bond donors (Lipinski definition) is 2. The fraction of sp³-hybridized carbons (Fsp3) is 0.294. The molecule has 1 unspecified atom stereocenters. The van der Waals surface area contributed by atoms with Crippen molar-refractivity contribution in [2.45, 2.75) is 19.1 Å². The molecule has 126 valence electrons. The molecule has 1 aromatic carbocycles. The standard InChI is InChI=1S/C17H19N3O3S/c1-23-15-7-3-2-5-12(15)10-20(11-13-6-4-8-24-13)16(21)14-9-18-17(22)19-14/h2-8,14H,9-11H2,1H3,(H2,18,19,22). The number of para-hydroxylation sites is 1. The van der Waals surface area contributed by atoms with Gasteiger partial charge >= 0.3 is 6.03 Å². The Labute approximate surface area is 144 Å². The van der Waals surface area contributed by atoms with Crippen LogP contribution in [-0.2, 0) is 17.9 Å². The van der Waals surface area contributed by atoms with E-state index in [1.165, 1.54) is 0 Å². The first kappa shape index (κ1) is 16.3. The predicted octanol–water partition coefficient (Wildman–Crippen LogP) is 1.97. The van der Waals surface area contributed by atoms with Gasteiger partial charge in [0.25, 0.3) is 0 Å². The fourth-order valence-corrected chi connectivity index (χ4v) is 3.39. The topological polar surface area (TPSA) is 70.7 Å². The maximum Gasteiger partial charge on any atom is 0.315 e. The monoisotopic (exact) mass is 345 g/mol. The molecule has 0 bridgehead atoms. The SMILES string of the molecule is COc1ccccc1CN(Cc1cccs1)C(=O)C1CNC(=O)N1. The molecule has 3 amide bonds. The lowest BCUT2D eigenvalue weighted by Gasteiger charge is -2.25. The van der Waals surface area contributed by atoms with Crippen LogP contribution in [0.3, 0.4) is 0 Å². The lowest BCUT2D eigenvalue weighted by molar-refractivity contribution is -0.133. The van der Waals surface area contributed by atoms with Gasteiger partial charge in [-0.3, -0.25) is 4.79 Å². The third-order valence-corrected chi connectivity index (χ3v) is 4.72. The summed E-state index contributed by atoms with van der Waals surface area (Å²) >= 11 is 1.60. The Morgan fingerprint density at radius 3 is 2.79 bits per heavy atom. The summed E-state index contributed by atoms with van der Waals surface area (Å²) in [5.74, 6) is 0.641. The molecule has 1 saturated heterocycles. The highest BCUT2D eigenvalue weighted by Crippen LogP contribution is 2.22. The Hall–Kier alpha value is -2.54. The van der Waals surface area contributed by atoms with Gasteiger partial charge in [0, 0.05) is 23.5 Å². The molecule has 7 heteroatoms. The van der Waals surface area contributed by atoms with E-state index in [1.54, 1.807) is 23.3 Å². The van der Waals surface area contributed by atoms with Crippen molar-refractivity contribution in [2.24, 2.45) is 0 Å². The highest BCUT2D eigenvalue weighted by Gasteiger charge is 2.31. The van der Waals surface area contributed by atoms with E-state index < -0.39 is 6.04 Å². The molecule has 0 saturated carbocycles. The van der Waals surface area contributed by atoms with Crippen LogP contribution < -0.4 is 15.4 Å². The van der Waals surface area contributed by atoms with Gasteiger partial charge in [-0.25, -0.2) is 4.79 Å². The summed E-state index contributed by atoms with van der Waals surface area (Å²) in [6.45, 7) is 1.23. The molecule has 24 heavy (non-hydrogen) atoms. The van der Waals surface area contributed by atoms with Gasteiger partial charge in [0.1, 0.15) is 11.8 Å². The highest BCUT2D eigenvalue weighted by atomic mass is 32.1. The van der Waals surface area contributed by atoms with Gasteiger partial charge in [0.05, 0.1) is 13.7 Å². The Bertz CT molecular complexity index is 718. The predicted molar refractivity (Wildman–Crippen MR) is 91.9 cm³/mol. The zero-order valence-electron chi connectivity index (χ0n) is 13.3. The number of carbonyl (C=O) groups excluding carboxylic acids is 2. The molecule has 2 heterocycles. The van der Waals surface area contributed by atoms with Gasteiger partial charge in [-0.05, 0) is 17.5 Å². The number of urea groups is 1. The van der Waals surface area contributed by atoms with E-state index in [4.69, 9.17) is 4.74 Å². The molecule has 1 fully saturated rings. The molecule has 2 aromatic rings. The van der Waals surface area contributed by atoms with Gasteiger partial charge in [0.2, 0.25) is 5.91 Å². The molecule has 1 atom stereocenters. The quantitative estimate of drug-likeness (QED) is 0.841. The normalized spacial score (nSPS) is 16.4. The molecule has 1 aromatic heterocycles. The van der Waals surface area contributed by atoms with Crippen LogP contribution in [0.2, 0.25) is 0 Å². The average molecular weight is 345 g/mol. The summed E-state index contributed by atoms with van der Waals surface area (Å²) < 4.78 is 5.39. The third kappa shape index (κ3) is 3.68. The van der Waals surface area contributed by atoms with E-state index in [0.717, 1.165) is 16.2 Å². The van der Waals surface area contributed by atoms with Crippen LogP contribution in [0, 0.1) is 0 Å². The number of nitrogens with zero attached hydrogens (tertiary/aromatic N) is 1. The van der Waals surface area contributed by atoms with Crippen LogP contribution in [-0.4, -0.2) is 36.5 Å². The zero-order chi connectivity index (χ0) is 16.9. The molecule has 6 nitrogen and oxygen atoms in total. The summed E-state index contributed by atoms with van der Waals surface area (Å²) in [6.07, 6.45) is 0. The molecule has 1 aliphatic rings. The van der Waals surface area contributed by atoms with Crippen molar-refractivity contribution >= 4 is 23.3 Å². The lowest BCUT2D eigenvalue weighted by Crippen LogP contribution is -2.44. The minimum Gasteiger partial charge on any atom is -0.496 e. The highest BCUT2D eigenvalue weighted by molar-refractivity contribution is 7.09. The molecular formula is C17H19N3O3S. The van der Waals surface area contributed by atoms with Gasteiger partial charge in [-0.15, -0.1) is 11.3 Å². The van der Waals surface area contributed by atoms with Crippen molar-refractivity contribution in [3.05, 3.63) is 52.2 Å². The third-order valence-electron chi connectivity index (χ3n) is 3.86. The van der Waals surface area contributed by atoms with Crippen LogP contribution in [0.15, 0.2) is 41.8 Å². The zero-order valence-corrected chi connectivity index (χ0v) is 14.1. The van der Waals surface area contributed by atoms with Crippen LogP contribution in [0.1, 0.15) is 10.4 Å². The second kappa shape index (κ2) is 7.35. The Balaban J connectivity index is 1.81. The number of carbonyl (C=O) groups is 2. The summed E-state index contributed by atoms with van der Waals surface area (Å²) in [4.78, 5) is 27.0. The maximum atomic E-state index is 12.9. The number of rotatable bonds is 6. The summed E-state index contributed by atoms with van der Waals surface area (Å²) in [7, 11) is 1.62. The Morgan fingerprint density at radius 2 is 2.12 bits per heavy atom. The molecule has 0 aliphatic carbocycles. The number of methoxy groups -OCH3 is 1. The summed E-state index contributed by atoms with van der Waals surface area (Å²) in [6, 6.07) is 10.8. The summed E-state index contributed by atoms with van der Waals surface area (Å²) in [5.41, 5.74) is 0.933. The second-order valence-electron chi connectivity index (χ2n) is 5.49. The minimum atomic E-state index is -0.535. The number of ether oxygens (including phenoxy) is 1. The van der Waals surface area contributed by atoms with E-state index in [-0.39, 0.29) is 11.9 Å². The van der Waals surface area contributed by atoms with Crippen LogP contribution >= 0.6 is 11.3 Å². The van der Waals surface area contributed by atoms with Gasteiger partial charge < -0.3 is 20.3 Å². The van der Waals surface area contributed by atoms with Crippen molar-refractivity contribution in [3.63, 3.8) is 0 Å². The minimum absolute atomic E-state index is 0.104. The van der Waals surface area contributed by atoms with Crippen molar-refractivity contribution in [1.82, 2.24) is 15.5 Å². The van der Waals surface area contributed by atoms with E-state index in [9.17, 15) is 9.59 Å². The number of amides is 3. The van der Waals surface area contributed by atoms with Crippen molar-refractivity contribution in [2.75, 3.05) is 13.7 Å². The van der Waals surface area contributed by atoms with Crippen molar-refractivity contribution < 1.29 is 14.3 Å². The lowest BCUT2D eigenvalue weighted by atomic mass is 10.1. The van der Waals surface area contributed by atoms with Crippen molar-refractivity contribution in [3.8, 4) is 5.75 Å². The Kier molecular flexibility index (Phi) is 5.00. The van der Waals surface area contributed by atoms with Crippen LogP contribution in [0.4, 0.5) is 4.79 Å². The van der Waals surface area contributed by atoms with Gasteiger partial charge in [-0.1, -0.05) is 24.3 Å². The van der Waals surface area contributed by atoms with E-state index >= 15 is 0 Å². The molecule has 2 N–H and O–H groups in total.